The fraction of sp³-hybridized carbons (Fsp3) is 0.667. The minimum absolute atomic E-state index is 0.0621. The van der Waals surface area contributed by atoms with Crippen LogP contribution < -0.4 is 10.2 Å². The van der Waals surface area contributed by atoms with Crippen molar-refractivity contribution in [3.8, 4) is 0 Å². The Bertz CT molecular complexity index is 433. The highest BCUT2D eigenvalue weighted by molar-refractivity contribution is 5.41. The molecule has 0 spiro atoms. The molecule has 0 radical (unpaired) electrons. The lowest BCUT2D eigenvalue weighted by atomic mass is 10.2. The van der Waals surface area contributed by atoms with E-state index in [2.05, 4.69) is 34.3 Å². The molecular weight excluding hydrogens is 254 g/mol. The molecule has 1 saturated carbocycles. The summed E-state index contributed by atoms with van der Waals surface area (Å²) in [4.78, 5) is 6.78. The molecule has 2 unspecified atom stereocenters. The van der Waals surface area contributed by atoms with Crippen molar-refractivity contribution in [1.82, 2.24) is 10.3 Å². The van der Waals surface area contributed by atoms with E-state index in [1.807, 2.05) is 6.20 Å². The predicted molar refractivity (Wildman–Crippen MR) is 77.7 cm³/mol. The normalized spacial score (nSPS) is 26.8. The minimum Gasteiger partial charge on any atom is -0.394 e. The van der Waals surface area contributed by atoms with Gasteiger partial charge >= 0.3 is 0 Å². The van der Waals surface area contributed by atoms with Gasteiger partial charge in [-0.3, -0.25) is 0 Å². The lowest BCUT2D eigenvalue weighted by Crippen LogP contribution is -2.49. The van der Waals surface area contributed by atoms with Gasteiger partial charge in [0.2, 0.25) is 0 Å². The third-order valence-electron chi connectivity index (χ3n) is 3.98. The Labute approximate surface area is 120 Å². The maximum absolute atomic E-state index is 9.23. The molecule has 1 aliphatic heterocycles. The van der Waals surface area contributed by atoms with Crippen molar-refractivity contribution in [2.24, 2.45) is 0 Å². The van der Waals surface area contributed by atoms with Crippen LogP contribution in [0.3, 0.4) is 0 Å². The quantitative estimate of drug-likeness (QED) is 0.838. The molecule has 2 aliphatic rings. The topological polar surface area (TPSA) is 57.6 Å². The highest BCUT2D eigenvalue weighted by atomic mass is 16.5. The highest BCUT2D eigenvalue weighted by Gasteiger charge is 2.26. The Morgan fingerprint density at radius 2 is 2.30 bits per heavy atom. The molecule has 5 nitrogen and oxygen atoms in total. The van der Waals surface area contributed by atoms with E-state index in [4.69, 9.17) is 4.74 Å². The Morgan fingerprint density at radius 1 is 1.45 bits per heavy atom. The van der Waals surface area contributed by atoms with Crippen LogP contribution in [0.5, 0.6) is 0 Å². The van der Waals surface area contributed by atoms with Crippen LogP contribution in [0.1, 0.15) is 25.3 Å². The van der Waals surface area contributed by atoms with Crippen molar-refractivity contribution in [3.05, 3.63) is 23.9 Å². The zero-order chi connectivity index (χ0) is 13.9. The number of aliphatic hydroxyl groups excluding tert-OH is 1. The van der Waals surface area contributed by atoms with Crippen LogP contribution in [0.15, 0.2) is 18.3 Å². The van der Waals surface area contributed by atoms with Crippen LogP contribution in [0.25, 0.3) is 0 Å². The van der Waals surface area contributed by atoms with E-state index in [0.29, 0.717) is 19.2 Å². The van der Waals surface area contributed by atoms with Gasteiger partial charge in [0.1, 0.15) is 5.82 Å². The Morgan fingerprint density at radius 3 is 2.95 bits per heavy atom. The molecule has 2 heterocycles. The molecular formula is C15H23N3O2. The van der Waals surface area contributed by atoms with E-state index in [0.717, 1.165) is 18.4 Å². The molecule has 1 aromatic heterocycles. The number of ether oxygens (including phenoxy) is 1. The van der Waals surface area contributed by atoms with Gasteiger partial charge in [0.25, 0.3) is 0 Å². The molecule has 2 N–H and O–H groups in total. The second-order valence-corrected chi connectivity index (χ2v) is 5.82. The second kappa shape index (κ2) is 6.08. The van der Waals surface area contributed by atoms with E-state index in [1.54, 1.807) is 0 Å². The van der Waals surface area contributed by atoms with E-state index in [-0.39, 0.29) is 12.7 Å². The van der Waals surface area contributed by atoms with E-state index in [1.165, 1.54) is 18.4 Å². The van der Waals surface area contributed by atoms with Gasteiger partial charge in [-0.2, -0.15) is 0 Å². The van der Waals surface area contributed by atoms with Gasteiger partial charge in [-0.25, -0.2) is 4.98 Å². The number of pyridine rings is 1. The fourth-order valence-electron chi connectivity index (χ4n) is 2.49. The fourth-order valence-corrected chi connectivity index (χ4v) is 2.49. The SMILES string of the molecule is CC1COC(CO)CN1c1ccc(CNC2CC2)cn1. The van der Waals surface area contributed by atoms with Gasteiger partial charge in [0.05, 0.1) is 25.4 Å². The van der Waals surface area contributed by atoms with E-state index < -0.39 is 0 Å². The van der Waals surface area contributed by atoms with Crippen LogP contribution in [0, 0.1) is 0 Å². The first-order chi connectivity index (χ1) is 9.76. The molecule has 2 atom stereocenters. The first-order valence-electron chi connectivity index (χ1n) is 7.43. The predicted octanol–water partition coefficient (Wildman–Crippen LogP) is 0.920. The number of hydrogen-bond donors (Lipinski definition) is 2. The van der Waals surface area contributed by atoms with Crippen molar-refractivity contribution >= 4 is 5.82 Å². The number of nitrogens with one attached hydrogen (secondary N) is 1. The number of rotatable bonds is 5. The summed E-state index contributed by atoms with van der Waals surface area (Å²) in [5, 5.41) is 12.7. The smallest absolute Gasteiger partial charge is 0.128 e. The number of morpholine rings is 1. The zero-order valence-corrected chi connectivity index (χ0v) is 12.0. The largest absolute Gasteiger partial charge is 0.394 e. The molecule has 1 aromatic rings. The van der Waals surface area contributed by atoms with Crippen molar-refractivity contribution in [2.45, 2.75) is 44.5 Å². The first kappa shape index (κ1) is 13.8. The standard InChI is InChI=1S/C15H23N3O2/c1-11-10-20-14(9-19)8-18(11)15-5-2-12(7-17-15)6-16-13-3-4-13/h2,5,7,11,13-14,16,19H,3-4,6,8-10H2,1H3. The van der Waals surface area contributed by atoms with Crippen LogP contribution in [-0.4, -0.2) is 48.0 Å². The molecule has 1 aliphatic carbocycles. The van der Waals surface area contributed by atoms with Crippen LogP contribution >= 0.6 is 0 Å². The van der Waals surface area contributed by atoms with E-state index in [9.17, 15) is 5.11 Å². The number of aromatic nitrogens is 1. The Balaban J connectivity index is 1.62. The summed E-state index contributed by atoms with van der Waals surface area (Å²) in [5.41, 5.74) is 1.22. The number of anilines is 1. The third kappa shape index (κ3) is 3.29. The van der Waals surface area contributed by atoms with Gasteiger partial charge in [-0.15, -0.1) is 0 Å². The molecule has 1 saturated heterocycles. The molecule has 0 bridgehead atoms. The summed E-state index contributed by atoms with van der Waals surface area (Å²) in [6.45, 7) is 4.42. The molecule has 5 heteroatoms. The molecule has 20 heavy (non-hydrogen) atoms. The van der Waals surface area contributed by atoms with Crippen molar-refractivity contribution in [2.75, 3.05) is 24.7 Å². The average molecular weight is 277 g/mol. The molecule has 2 fully saturated rings. The summed E-state index contributed by atoms with van der Waals surface area (Å²) in [6.07, 6.45) is 4.45. The first-order valence-corrected chi connectivity index (χ1v) is 7.43. The van der Waals surface area contributed by atoms with Gasteiger partial charge in [0.15, 0.2) is 0 Å². The Kier molecular flexibility index (Phi) is 4.19. The van der Waals surface area contributed by atoms with Gasteiger partial charge in [-0.05, 0) is 31.4 Å². The van der Waals surface area contributed by atoms with Crippen LogP contribution in [0.4, 0.5) is 5.82 Å². The number of aliphatic hydroxyl groups is 1. The van der Waals surface area contributed by atoms with Crippen molar-refractivity contribution < 1.29 is 9.84 Å². The van der Waals surface area contributed by atoms with Crippen molar-refractivity contribution in [1.29, 1.82) is 0 Å². The maximum atomic E-state index is 9.23. The average Bonchev–Trinajstić information content (AvgIpc) is 3.31. The molecule has 0 amide bonds. The van der Waals surface area contributed by atoms with Gasteiger partial charge < -0.3 is 20.1 Å². The lowest BCUT2D eigenvalue weighted by molar-refractivity contribution is -0.0105. The second-order valence-electron chi connectivity index (χ2n) is 5.82. The Hall–Kier alpha value is -1.17. The van der Waals surface area contributed by atoms with Gasteiger partial charge in [-0.1, -0.05) is 6.07 Å². The number of hydrogen-bond acceptors (Lipinski definition) is 5. The van der Waals surface area contributed by atoms with Crippen LogP contribution in [-0.2, 0) is 11.3 Å². The highest BCUT2D eigenvalue weighted by Crippen LogP contribution is 2.21. The summed E-state index contributed by atoms with van der Waals surface area (Å²) < 4.78 is 5.56. The monoisotopic (exact) mass is 277 g/mol. The van der Waals surface area contributed by atoms with Crippen LogP contribution in [0.2, 0.25) is 0 Å². The summed E-state index contributed by atoms with van der Waals surface area (Å²) >= 11 is 0. The van der Waals surface area contributed by atoms with Gasteiger partial charge in [0, 0.05) is 25.3 Å². The lowest BCUT2D eigenvalue weighted by Gasteiger charge is -2.38. The molecule has 3 rings (SSSR count). The van der Waals surface area contributed by atoms with Crippen molar-refractivity contribution in [3.63, 3.8) is 0 Å². The van der Waals surface area contributed by atoms with E-state index >= 15 is 0 Å². The number of nitrogens with zero attached hydrogens (tertiary/aromatic N) is 2. The minimum atomic E-state index is -0.107. The molecule has 110 valence electrons. The third-order valence-corrected chi connectivity index (χ3v) is 3.98. The summed E-state index contributed by atoms with van der Waals surface area (Å²) in [6, 6.07) is 5.22. The summed E-state index contributed by atoms with van der Waals surface area (Å²) in [5.74, 6) is 0.967. The zero-order valence-electron chi connectivity index (χ0n) is 12.0. The maximum Gasteiger partial charge on any atom is 0.128 e. The summed E-state index contributed by atoms with van der Waals surface area (Å²) in [7, 11) is 0. The molecule has 0 aromatic carbocycles.